The standard InChI is InChI=1S/C25H16F5N7O2/c26-15-8-13(39-23-20(29)16(27)9-17(28)21(23)30)3-4-14(15)22-19-24(32)33-11-34-25(19)37(35-22)12-5-7-36(10-12)18(38)2-1-6-31/h1-4,8-9,11-12H,5,7,10H2,(H2,32,33,34)/t12-/m1/s1. The maximum absolute atomic E-state index is 15.3. The van der Waals surface area contributed by atoms with Gasteiger partial charge in [0.2, 0.25) is 23.3 Å². The third-order valence-electron chi connectivity index (χ3n) is 6.13. The molecule has 3 heterocycles. The molecule has 0 bridgehead atoms. The lowest BCUT2D eigenvalue weighted by molar-refractivity contribution is -0.125. The Hall–Kier alpha value is -5.06. The highest BCUT2D eigenvalue weighted by Gasteiger charge is 2.31. The fourth-order valence-corrected chi connectivity index (χ4v) is 4.30. The summed E-state index contributed by atoms with van der Waals surface area (Å²) in [5.74, 6) is -10.0. The van der Waals surface area contributed by atoms with Crippen molar-refractivity contribution >= 4 is 22.8 Å². The second kappa shape index (κ2) is 10.0. The Bertz CT molecular complexity index is 1670. The predicted octanol–water partition coefficient (Wildman–Crippen LogP) is 4.42. The maximum atomic E-state index is 15.3. The topological polar surface area (TPSA) is 123 Å². The van der Waals surface area contributed by atoms with Gasteiger partial charge in [0, 0.05) is 42.9 Å². The van der Waals surface area contributed by atoms with Crippen molar-refractivity contribution in [3.05, 3.63) is 71.8 Å². The van der Waals surface area contributed by atoms with Crippen molar-refractivity contribution in [1.29, 1.82) is 5.26 Å². The zero-order valence-electron chi connectivity index (χ0n) is 19.7. The van der Waals surface area contributed by atoms with E-state index in [2.05, 4.69) is 15.1 Å². The first-order chi connectivity index (χ1) is 18.7. The minimum absolute atomic E-state index is 0.00300. The van der Waals surface area contributed by atoms with Gasteiger partial charge in [-0.05, 0) is 18.6 Å². The summed E-state index contributed by atoms with van der Waals surface area (Å²) >= 11 is 0. The van der Waals surface area contributed by atoms with Gasteiger partial charge in [-0.2, -0.15) is 19.1 Å². The van der Waals surface area contributed by atoms with Crippen molar-refractivity contribution in [3.63, 3.8) is 0 Å². The van der Waals surface area contributed by atoms with Crippen LogP contribution in [0.4, 0.5) is 27.8 Å². The highest BCUT2D eigenvalue weighted by molar-refractivity contribution is 5.98. The molecule has 0 radical (unpaired) electrons. The number of ether oxygens (including phenoxy) is 1. The van der Waals surface area contributed by atoms with E-state index < -0.39 is 40.6 Å². The van der Waals surface area contributed by atoms with Gasteiger partial charge < -0.3 is 15.4 Å². The summed E-state index contributed by atoms with van der Waals surface area (Å²) < 4.78 is 76.8. The van der Waals surface area contributed by atoms with E-state index in [-0.39, 0.29) is 52.7 Å². The summed E-state index contributed by atoms with van der Waals surface area (Å²) in [7, 11) is 0. The fourth-order valence-electron chi connectivity index (χ4n) is 4.30. The van der Waals surface area contributed by atoms with E-state index >= 15 is 4.39 Å². The van der Waals surface area contributed by atoms with Crippen LogP contribution in [-0.2, 0) is 4.79 Å². The average Bonchev–Trinajstić information content (AvgIpc) is 3.55. The van der Waals surface area contributed by atoms with E-state index in [9.17, 15) is 22.4 Å². The molecule has 14 heteroatoms. The normalized spacial score (nSPS) is 15.3. The SMILES string of the molecule is N#CC=CC(=O)N1CC[C@@H](n2nc(-c3ccc(Oc4c(F)c(F)cc(F)c4F)cc3F)c3c(N)ncnc32)C1. The van der Waals surface area contributed by atoms with Crippen LogP contribution >= 0.6 is 0 Å². The molecule has 2 aromatic heterocycles. The second-order valence-electron chi connectivity index (χ2n) is 8.48. The molecule has 5 rings (SSSR count). The van der Waals surface area contributed by atoms with Gasteiger partial charge in [0.05, 0.1) is 17.5 Å². The molecule has 1 fully saturated rings. The smallest absolute Gasteiger partial charge is 0.247 e. The van der Waals surface area contributed by atoms with Crippen molar-refractivity contribution in [1.82, 2.24) is 24.6 Å². The van der Waals surface area contributed by atoms with Crippen LogP contribution in [0.15, 0.2) is 42.7 Å². The lowest BCUT2D eigenvalue weighted by atomic mass is 10.1. The number of nitriles is 1. The predicted molar refractivity (Wildman–Crippen MR) is 126 cm³/mol. The molecule has 0 saturated carbocycles. The van der Waals surface area contributed by atoms with Gasteiger partial charge in [-0.1, -0.05) is 0 Å². The molecule has 2 N–H and O–H groups in total. The van der Waals surface area contributed by atoms with E-state index in [0.717, 1.165) is 24.3 Å². The fraction of sp³-hybridized carbons (Fsp3) is 0.160. The number of nitrogens with zero attached hydrogens (tertiary/aromatic N) is 6. The number of hydrogen-bond donors (Lipinski definition) is 1. The zero-order valence-corrected chi connectivity index (χ0v) is 19.7. The number of rotatable bonds is 5. The third kappa shape index (κ3) is 4.58. The lowest BCUT2D eigenvalue weighted by Gasteiger charge is -2.14. The van der Waals surface area contributed by atoms with E-state index in [0.29, 0.717) is 13.0 Å². The van der Waals surface area contributed by atoms with E-state index in [1.54, 1.807) is 6.07 Å². The van der Waals surface area contributed by atoms with Gasteiger partial charge >= 0.3 is 0 Å². The number of aromatic nitrogens is 4. The Morgan fingerprint density at radius 2 is 1.85 bits per heavy atom. The molecular formula is C25H16F5N7O2. The van der Waals surface area contributed by atoms with Gasteiger partial charge in [-0.3, -0.25) is 4.79 Å². The van der Waals surface area contributed by atoms with E-state index in [1.165, 1.54) is 22.0 Å². The zero-order chi connectivity index (χ0) is 27.8. The Balaban J connectivity index is 1.51. The number of hydrogen-bond acceptors (Lipinski definition) is 7. The van der Waals surface area contributed by atoms with E-state index in [4.69, 9.17) is 15.7 Å². The molecule has 2 aromatic carbocycles. The summed E-state index contributed by atoms with van der Waals surface area (Å²) in [6, 6.07) is 4.51. The third-order valence-corrected chi connectivity index (χ3v) is 6.13. The number of carbonyl (C=O) groups is 1. The maximum Gasteiger partial charge on any atom is 0.247 e. The minimum Gasteiger partial charge on any atom is -0.451 e. The number of halogens is 5. The average molecular weight is 541 g/mol. The Labute approximate surface area is 216 Å². The van der Waals surface area contributed by atoms with Crippen LogP contribution in [0.5, 0.6) is 11.5 Å². The highest BCUT2D eigenvalue weighted by atomic mass is 19.2. The molecule has 1 aliphatic heterocycles. The van der Waals surface area contributed by atoms with Crippen LogP contribution in [0, 0.1) is 40.4 Å². The van der Waals surface area contributed by atoms with Gasteiger partial charge in [0.25, 0.3) is 0 Å². The minimum atomic E-state index is -1.78. The number of nitrogens with two attached hydrogens (primary N) is 1. The molecule has 39 heavy (non-hydrogen) atoms. The number of fused-ring (bicyclic) bond motifs is 1. The van der Waals surface area contributed by atoms with Crippen LogP contribution in [0.25, 0.3) is 22.3 Å². The molecule has 198 valence electrons. The van der Waals surface area contributed by atoms with Crippen molar-refractivity contribution in [3.8, 4) is 28.8 Å². The molecule has 1 atom stereocenters. The van der Waals surface area contributed by atoms with Crippen LogP contribution in [0.1, 0.15) is 12.5 Å². The molecule has 0 unspecified atom stereocenters. The summed E-state index contributed by atoms with van der Waals surface area (Å²) in [5.41, 5.74) is 6.31. The molecule has 9 nitrogen and oxygen atoms in total. The molecule has 4 aromatic rings. The molecule has 0 spiro atoms. The van der Waals surface area contributed by atoms with Gasteiger partial charge in [-0.15, -0.1) is 0 Å². The van der Waals surface area contributed by atoms with Crippen LogP contribution in [0.2, 0.25) is 0 Å². The van der Waals surface area contributed by atoms with Crippen LogP contribution in [0.3, 0.4) is 0 Å². The number of benzene rings is 2. The van der Waals surface area contributed by atoms with Crippen LogP contribution in [-0.4, -0.2) is 43.6 Å². The lowest BCUT2D eigenvalue weighted by Crippen LogP contribution is -2.27. The van der Waals surface area contributed by atoms with Gasteiger partial charge in [0.15, 0.2) is 17.3 Å². The molecule has 1 amide bonds. The quantitative estimate of drug-likeness (QED) is 0.172. The molecule has 0 aliphatic carbocycles. The summed E-state index contributed by atoms with van der Waals surface area (Å²) in [4.78, 5) is 22.0. The number of nitrogen functional groups attached to an aromatic ring is 1. The molecule has 1 aliphatic rings. The number of allylic oxidation sites excluding steroid dienone is 1. The number of carbonyl (C=O) groups excluding carboxylic acids is 1. The summed E-state index contributed by atoms with van der Waals surface area (Å²) in [6.45, 7) is 0.621. The van der Waals surface area contributed by atoms with Gasteiger partial charge in [-0.25, -0.2) is 27.8 Å². The largest absolute Gasteiger partial charge is 0.451 e. The summed E-state index contributed by atoms with van der Waals surface area (Å²) in [5, 5.41) is 13.4. The first kappa shape index (κ1) is 25.6. The Morgan fingerprint density at radius 1 is 1.10 bits per heavy atom. The number of anilines is 1. The van der Waals surface area contributed by atoms with Crippen molar-refractivity contribution in [2.45, 2.75) is 12.5 Å². The van der Waals surface area contributed by atoms with Crippen molar-refractivity contribution in [2.24, 2.45) is 0 Å². The first-order valence-electron chi connectivity index (χ1n) is 11.3. The molecule has 1 saturated heterocycles. The second-order valence-corrected chi connectivity index (χ2v) is 8.48. The van der Waals surface area contributed by atoms with Crippen molar-refractivity contribution in [2.75, 3.05) is 18.8 Å². The number of likely N-dealkylation sites (tertiary alicyclic amines) is 1. The highest BCUT2D eigenvalue weighted by Crippen LogP contribution is 2.37. The van der Waals surface area contributed by atoms with Crippen LogP contribution < -0.4 is 10.5 Å². The Kier molecular flexibility index (Phi) is 6.57. The van der Waals surface area contributed by atoms with Gasteiger partial charge in [0.1, 0.15) is 29.4 Å². The monoisotopic (exact) mass is 541 g/mol. The summed E-state index contributed by atoms with van der Waals surface area (Å²) in [6.07, 6.45) is 3.93. The number of amides is 1. The first-order valence-corrected chi connectivity index (χ1v) is 11.3. The van der Waals surface area contributed by atoms with E-state index in [1.807, 2.05) is 0 Å². The molecular weight excluding hydrogens is 525 g/mol. The Morgan fingerprint density at radius 3 is 2.54 bits per heavy atom. The van der Waals surface area contributed by atoms with Crippen molar-refractivity contribution < 1.29 is 31.5 Å².